The van der Waals surface area contributed by atoms with E-state index in [0.29, 0.717) is 11.5 Å². The molecule has 0 spiro atoms. The van der Waals surface area contributed by atoms with Crippen molar-refractivity contribution < 1.29 is 14.3 Å². The van der Waals surface area contributed by atoms with E-state index in [1.54, 1.807) is 6.92 Å². The molecule has 4 heteroatoms. The van der Waals surface area contributed by atoms with Gasteiger partial charge in [-0.2, -0.15) is 0 Å². The van der Waals surface area contributed by atoms with E-state index in [2.05, 4.69) is 0 Å². The zero-order valence-electron chi connectivity index (χ0n) is 16.1. The molecule has 0 saturated carbocycles. The molecule has 144 valence electrons. The molecule has 0 bridgehead atoms. The summed E-state index contributed by atoms with van der Waals surface area (Å²) in [6.07, 6.45) is -0.438. The minimum atomic E-state index is -0.494. The van der Waals surface area contributed by atoms with Gasteiger partial charge in [0.15, 0.2) is 17.6 Å². The van der Waals surface area contributed by atoms with Gasteiger partial charge in [0.25, 0.3) is 0 Å². The van der Waals surface area contributed by atoms with Gasteiger partial charge in [-0.1, -0.05) is 91.0 Å². The van der Waals surface area contributed by atoms with Crippen molar-refractivity contribution in [2.24, 2.45) is 4.99 Å². The smallest absolute Gasteiger partial charge is 0.360 e. The fourth-order valence-electron chi connectivity index (χ4n) is 3.27. The second-order valence-corrected chi connectivity index (χ2v) is 6.54. The fourth-order valence-corrected chi connectivity index (χ4v) is 3.27. The summed E-state index contributed by atoms with van der Waals surface area (Å²) < 4.78 is 11.7. The molecule has 0 N–H and O–H groups in total. The van der Waals surface area contributed by atoms with E-state index in [-0.39, 0.29) is 12.3 Å². The standard InChI is InChI=1S/C25H21NO3/c1-2-28-25(27)22-24(20-16-10-5-11-17-20)29-23(19-14-8-4-9-15-19)21(26-22)18-12-6-3-7-13-18/h3-17,23H,2H2,1H3. The number of hydrogen-bond acceptors (Lipinski definition) is 4. The monoisotopic (exact) mass is 383 g/mol. The van der Waals surface area contributed by atoms with Crippen LogP contribution in [0, 0.1) is 0 Å². The summed E-state index contributed by atoms with van der Waals surface area (Å²) >= 11 is 0. The summed E-state index contributed by atoms with van der Waals surface area (Å²) in [4.78, 5) is 17.5. The van der Waals surface area contributed by atoms with Crippen LogP contribution in [0.3, 0.4) is 0 Å². The van der Waals surface area contributed by atoms with Gasteiger partial charge in [0.1, 0.15) is 0 Å². The summed E-state index contributed by atoms with van der Waals surface area (Å²) in [6.45, 7) is 2.04. The number of hydrogen-bond donors (Lipinski definition) is 0. The number of benzene rings is 3. The van der Waals surface area contributed by atoms with Crippen molar-refractivity contribution in [1.82, 2.24) is 0 Å². The lowest BCUT2D eigenvalue weighted by Gasteiger charge is -2.28. The molecule has 1 aliphatic heterocycles. The maximum atomic E-state index is 12.7. The molecule has 1 heterocycles. The van der Waals surface area contributed by atoms with Crippen molar-refractivity contribution in [3.63, 3.8) is 0 Å². The van der Waals surface area contributed by atoms with Crippen molar-refractivity contribution >= 4 is 17.4 Å². The highest BCUT2D eigenvalue weighted by atomic mass is 16.5. The first-order valence-corrected chi connectivity index (χ1v) is 9.60. The van der Waals surface area contributed by atoms with Crippen LogP contribution in [-0.2, 0) is 14.3 Å². The lowest BCUT2D eigenvalue weighted by atomic mass is 9.97. The largest absolute Gasteiger partial charge is 0.476 e. The average molecular weight is 383 g/mol. The van der Waals surface area contributed by atoms with Gasteiger partial charge in [-0.15, -0.1) is 0 Å². The topological polar surface area (TPSA) is 47.9 Å². The molecule has 3 aromatic carbocycles. The third-order valence-corrected chi connectivity index (χ3v) is 4.61. The zero-order chi connectivity index (χ0) is 20.1. The molecule has 4 rings (SSSR count). The lowest BCUT2D eigenvalue weighted by Crippen LogP contribution is -2.24. The first kappa shape index (κ1) is 18.7. The van der Waals surface area contributed by atoms with Crippen LogP contribution in [0.25, 0.3) is 5.76 Å². The predicted octanol–water partition coefficient (Wildman–Crippen LogP) is 5.18. The third-order valence-electron chi connectivity index (χ3n) is 4.61. The molecule has 0 aliphatic carbocycles. The molecular weight excluding hydrogens is 362 g/mol. The van der Waals surface area contributed by atoms with E-state index in [0.717, 1.165) is 16.7 Å². The zero-order valence-corrected chi connectivity index (χ0v) is 16.1. The SMILES string of the molecule is CCOC(=O)C1=C(c2ccccc2)OC(c2ccccc2)C(c2ccccc2)=N1. The Bertz CT molecular complexity index is 1040. The molecule has 0 amide bonds. The van der Waals surface area contributed by atoms with E-state index in [1.165, 1.54) is 0 Å². The van der Waals surface area contributed by atoms with Gasteiger partial charge in [0.05, 0.1) is 12.3 Å². The number of esters is 1. The van der Waals surface area contributed by atoms with Gasteiger partial charge >= 0.3 is 5.97 Å². The minimum absolute atomic E-state index is 0.184. The summed E-state index contributed by atoms with van der Waals surface area (Å²) in [6, 6.07) is 29.2. The first-order chi connectivity index (χ1) is 14.3. The molecule has 0 aromatic heterocycles. The maximum Gasteiger partial charge on any atom is 0.360 e. The Labute approximate surface area is 170 Å². The Morgan fingerprint density at radius 2 is 1.41 bits per heavy atom. The lowest BCUT2D eigenvalue weighted by molar-refractivity contribution is -0.138. The quantitative estimate of drug-likeness (QED) is 0.571. The molecule has 29 heavy (non-hydrogen) atoms. The highest BCUT2D eigenvalue weighted by Crippen LogP contribution is 2.36. The summed E-state index contributed by atoms with van der Waals surface area (Å²) in [7, 11) is 0. The van der Waals surface area contributed by atoms with E-state index in [9.17, 15) is 4.79 Å². The van der Waals surface area contributed by atoms with Gasteiger partial charge in [-0.3, -0.25) is 0 Å². The minimum Gasteiger partial charge on any atom is -0.476 e. The van der Waals surface area contributed by atoms with Crippen LogP contribution >= 0.6 is 0 Å². The van der Waals surface area contributed by atoms with E-state index in [4.69, 9.17) is 14.5 Å². The Morgan fingerprint density at radius 1 is 0.862 bits per heavy atom. The van der Waals surface area contributed by atoms with Crippen LogP contribution in [0.1, 0.15) is 29.7 Å². The van der Waals surface area contributed by atoms with Gasteiger partial charge in [0, 0.05) is 11.1 Å². The van der Waals surface area contributed by atoms with E-state index in [1.807, 2.05) is 91.0 Å². The molecule has 1 unspecified atom stereocenters. The number of rotatable bonds is 5. The normalized spacial score (nSPS) is 16.0. The Hall–Kier alpha value is -3.66. The molecule has 0 fully saturated rings. The first-order valence-electron chi connectivity index (χ1n) is 9.60. The van der Waals surface area contributed by atoms with Crippen LogP contribution in [0.4, 0.5) is 0 Å². The molecule has 1 atom stereocenters. The maximum absolute atomic E-state index is 12.7. The summed E-state index contributed by atoms with van der Waals surface area (Å²) in [5.41, 5.74) is 3.51. The number of carbonyl (C=O) groups excluding carboxylic acids is 1. The second-order valence-electron chi connectivity index (χ2n) is 6.54. The number of ether oxygens (including phenoxy) is 2. The third kappa shape index (κ3) is 3.97. The van der Waals surface area contributed by atoms with Crippen LogP contribution in [0.2, 0.25) is 0 Å². The van der Waals surface area contributed by atoms with Crippen LogP contribution < -0.4 is 0 Å². The number of aliphatic imine (C=N–C) groups is 1. The molecule has 0 radical (unpaired) electrons. The highest BCUT2D eigenvalue weighted by molar-refractivity contribution is 6.10. The Morgan fingerprint density at radius 3 is 2.00 bits per heavy atom. The van der Waals surface area contributed by atoms with Crippen molar-refractivity contribution in [1.29, 1.82) is 0 Å². The van der Waals surface area contributed by atoms with Crippen molar-refractivity contribution in [2.75, 3.05) is 6.61 Å². The molecular formula is C25H21NO3. The molecule has 4 nitrogen and oxygen atoms in total. The summed E-state index contributed by atoms with van der Waals surface area (Å²) in [5, 5.41) is 0. The van der Waals surface area contributed by atoms with Crippen molar-refractivity contribution in [3.05, 3.63) is 113 Å². The van der Waals surface area contributed by atoms with E-state index >= 15 is 0 Å². The van der Waals surface area contributed by atoms with Gasteiger partial charge < -0.3 is 9.47 Å². The van der Waals surface area contributed by atoms with E-state index < -0.39 is 12.1 Å². The number of nitrogens with zero attached hydrogens (tertiary/aromatic N) is 1. The number of carbonyl (C=O) groups is 1. The van der Waals surface area contributed by atoms with Crippen LogP contribution in [0.15, 0.2) is 102 Å². The fraction of sp³-hybridized carbons (Fsp3) is 0.120. The van der Waals surface area contributed by atoms with Gasteiger partial charge in [-0.25, -0.2) is 9.79 Å². The highest BCUT2D eigenvalue weighted by Gasteiger charge is 2.32. The van der Waals surface area contributed by atoms with Gasteiger partial charge in [-0.05, 0) is 12.5 Å². The summed E-state index contributed by atoms with van der Waals surface area (Å²) in [5.74, 6) is -0.0659. The average Bonchev–Trinajstić information content (AvgIpc) is 2.80. The Kier molecular flexibility index (Phi) is 5.52. The molecule has 1 aliphatic rings. The van der Waals surface area contributed by atoms with Gasteiger partial charge in [0.2, 0.25) is 0 Å². The predicted molar refractivity (Wildman–Crippen MR) is 113 cm³/mol. The van der Waals surface area contributed by atoms with Crippen LogP contribution in [0.5, 0.6) is 0 Å². The second kappa shape index (κ2) is 8.57. The molecule has 3 aromatic rings. The van der Waals surface area contributed by atoms with Crippen LogP contribution in [-0.4, -0.2) is 18.3 Å². The molecule has 0 saturated heterocycles. The Balaban J connectivity index is 1.91. The van der Waals surface area contributed by atoms with Crippen molar-refractivity contribution in [3.8, 4) is 0 Å². The van der Waals surface area contributed by atoms with Crippen molar-refractivity contribution in [2.45, 2.75) is 13.0 Å².